The van der Waals surface area contributed by atoms with E-state index >= 15 is 0 Å². The van der Waals surface area contributed by atoms with Gasteiger partial charge in [-0.05, 0) is 36.4 Å². The zero-order chi connectivity index (χ0) is 13.1. The van der Waals surface area contributed by atoms with E-state index in [2.05, 4.69) is 11.8 Å². The van der Waals surface area contributed by atoms with Crippen LogP contribution in [0, 0.1) is 36.3 Å². The van der Waals surface area contributed by atoms with Gasteiger partial charge in [-0.15, -0.1) is 12.8 Å². The summed E-state index contributed by atoms with van der Waals surface area (Å²) < 4.78 is 26.6. The molecule has 0 amide bonds. The second-order valence-electron chi connectivity index (χ2n) is 3.67. The molecule has 0 bridgehead atoms. The van der Waals surface area contributed by atoms with E-state index in [4.69, 9.17) is 12.8 Å². The van der Waals surface area contributed by atoms with Gasteiger partial charge in [0.2, 0.25) is 0 Å². The third-order valence-electron chi connectivity index (χ3n) is 2.56. The Morgan fingerprint density at radius 2 is 1.11 bits per heavy atom. The first kappa shape index (κ1) is 11.9. The molecule has 18 heavy (non-hydrogen) atoms. The Hall–Kier alpha value is -2.58. The topological polar surface area (TPSA) is 0 Å². The van der Waals surface area contributed by atoms with Crippen LogP contribution in [0.5, 0.6) is 0 Å². The molecular weight excluding hydrogens is 230 g/mol. The second kappa shape index (κ2) is 4.73. The Labute approximate surface area is 104 Å². The van der Waals surface area contributed by atoms with Gasteiger partial charge in [-0.1, -0.05) is 11.8 Å². The molecule has 0 aliphatic carbocycles. The zero-order valence-electron chi connectivity index (χ0n) is 9.37. The molecule has 0 aliphatic rings. The SMILES string of the molecule is C#Cc1ccc(F)cc1-c1cc(F)ccc1C#C. The van der Waals surface area contributed by atoms with Crippen LogP contribution < -0.4 is 0 Å². The first-order valence-corrected chi connectivity index (χ1v) is 5.18. The van der Waals surface area contributed by atoms with Crippen LogP contribution in [0.25, 0.3) is 11.1 Å². The largest absolute Gasteiger partial charge is 0.207 e. The van der Waals surface area contributed by atoms with Crippen molar-refractivity contribution < 1.29 is 8.78 Å². The fraction of sp³-hybridized carbons (Fsp3) is 0. The molecule has 0 saturated heterocycles. The number of benzene rings is 2. The lowest BCUT2D eigenvalue weighted by atomic mass is 9.95. The first-order valence-electron chi connectivity index (χ1n) is 5.18. The van der Waals surface area contributed by atoms with Crippen molar-refractivity contribution in [2.75, 3.05) is 0 Å². The lowest BCUT2D eigenvalue weighted by Crippen LogP contribution is -1.91. The van der Waals surface area contributed by atoms with Gasteiger partial charge in [0.15, 0.2) is 0 Å². The van der Waals surface area contributed by atoms with Crippen LogP contribution in [0.1, 0.15) is 11.1 Å². The van der Waals surface area contributed by atoms with E-state index < -0.39 is 11.6 Å². The molecule has 2 heteroatoms. The predicted molar refractivity (Wildman–Crippen MR) is 67.7 cm³/mol. The van der Waals surface area contributed by atoms with Gasteiger partial charge >= 0.3 is 0 Å². The highest BCUT2D eigenvalue weighted by Gasteiger charge is 2.10. The summed E-state index contributed by atoms with van der Waals surface area (Å²) in [5, 5.41) is 0. The van der Waals surface area contributed by atoms with Gasteiger partial charge < -0.3 is 0 Å². The lowest BCUT2D eigenvalue weighted by Gasteiger charge is -2.08. The van der Waals surface area contributed by atoms with Crippen LogP contribution in [0.2, 0.25) is 0 Å². The molecule has 0 aromatic heterocycles. The Morgan fingerprint density at radius 1 is 0.722 bits per heavy atom. The molecule has 0 saturated carbocycles. The van der Waals surface area contributed by atoms with Gasteiger partial charge in [-0.2, -0.15) is 0 Å². The molecule has 0 heterocycles. The summed E-state index contributed by atoms with van der Waals surface area (Å²) in [7, 11) is 0. The maximum atomic E-state index is 13.3. The highest BCUT2D eigenvalue weighted by molar-refractivity contribution is 5.76. The summed E-state index contributed by atoms with van der Waals surface area (Å²) in [6, 6.07) is 7.96. The maximum Gasteiger partial charge on any atom is 0.123 e. The quantitative estimate of drug-likeness (QED) is 0.666. The molecule has 0 N–H and O–H groups in total. The summed E-state index contributed by atoms with van der Waals surface area (Å²) in [6.45, 7) is 0. The molecule has 0 aliphatic heterocycles. The van der Waals surface area contributed by atoms with Crippen LogP contribution in [0.4, 0.5) is 8.78 Å². The molecule has 0 fully saturated rings. The Kier molecular flexibility index (Phi) is 3.13. The summed E-state index contributed by atoms with van der Waals surface area (Å²) >= 11 is 0. The lowest BCUT2D eigenvalue weighted by molar-refractivity contribution is 0.625. The zero-order valence-corrected chi connectivity index (χ0v) is 9.37. The molecule has 2 rings (SSSR count). The van der Waals surface area contributed by atoms with E-state index in [-0.39, 0.29) is 0 Å². The standard InChI is InChI=1S/C16H8F2/c1-3-11-5-7-13(17)9-15(11)16-10-14(18)8-6-12(16)4-2/h1-2,5-10H. The fourth-order valence-electron chi connectivity index (χ4n) is 1.73. The molecule has 0 nitrogen and oxygen atoms in total. The van der Waals surface area contributed by atoms with Gasteiger partial charge in [0.05, 0.1) is 0 Å². The highest BCUT2D eigenvalue weighted by Crippen LogP contribution is 2.28. The molecule has 0 atom stereocenters. The Balaban J connectivity index is 2.77. The number of terminal acetylenes is 2. The van der Waals surface area contributed by atoms with E-state index in [0.717, 1.165) is 0 Å². The molecule has 0 radical (unpaired) electrons. The fourth-order valence-corrected chi connectivity index (χ4v) is 1.73. The number of rotatable bonds is 1. The third kappa shape index (κ3) is 2.10. The summed E-state index contributed by atoms with van der Waals surface area (Å²) in [5.41, 5.74) is 1.78. The Morgan fingerprint density at radius 3 is 1.44 bits per heavy atom. The monoisotopic (exact) mass is 238 g/mol. The summed E-state index contributed by atoms with van der Waals surface area (Å²) in [5.74, 6) is 3.97. The second-order valence-corrected chi connectivity index (χ2v) is 3.67. The molecule has 2 aromatic carbocycles. The molecule has 0 spiro atoms. The first-order chi connectivity index (χ1) is 8.65. The van der Waals surface area contributed by atoms with Gasteiger partial charge in [0.25, 0.3) is 0 Å². The minimum absolute atomic E-state index is 0.421. The molecule has 2 aromatic rings. The summed E-state index contributed by atoms with van der Waals surface area (Å²) in [4.78, 5) is 0. The number of hydrogen-bond acceptors (Lipinski definition) is 0. The van der Waals surface area contributed by atoms with Crippen LogP contribution in [-0.2, 0) is 0 Å². The van der Waals surface area contributed by atoms with Crippen LogP contribution in [0.15, 0.2) is 36.4 Å². The van der Waals surface area contributed by atoms with Crippen LogP contribution in [-0.4, -0.2) is 0 Å². The van der Waals surface area contributed by atoms with E-state index in [1.807, 2.05) is 0 Å². The van der Waals surface area contributed by atoms with Gasteiger partial charge in [-0.25, -0.2) is 8.78 Å². The third-order valence-corrected chi connectivity index (χ3v) is 2.56. The minimum Gasteiger partial charge on any atom is -0.207 e. The van der Waals surface area contributed by atoms with Crippen molar-refractivity contribution in [1.82, 2.24) is 0 Å². The van der Waals surface area contributed by atoms with Crippen molar-refractivity contribution in [2.45, 2.75) is 0 Å². The Bertz CT molecular complexity index is 624. The van der Waals surface area contributed by atoms with Crippen molar-refractivity contribution >= 4 is 0 Å². The molecular formula is C16H8F2. The minimum atomic E-state index is -0.448. The smallest absolute Gasteiger partial charge is 0.123 e. The van der Waals surface area contributed by atoms with Crippen molar-refractivity contribution in [3.8, 4) is 35.8 Å². The van der Waals surface area contributed by atoms with Crippen molar-refractivity contribution in [3.63, 3.8) is 0 Å². The maximum absolute atomic E-state index is 13.3. The number of halogens is 2. The van der Waals surface area contributed by atoms with Gasteiger partial charge in [-0.3, -0.25) is 0 Å². The van der Waals surface area contributed by atoms with E-state index in [9.17, 15) is 8.78 Å². The predicted octanol–water partition coefficient (Wildman–Crippen LogP) is 3.59. The van der Waals surface area contributed by atoms with Crippen molar-refractivity contribution in [2.24, 2.45) is 0 Å². The van der Waals surface area contributed by atoms with Crippen LogP contribution >= 0.6 is 0 Å². The van der Waals surface area contributed by atoms with E-state index in [1.165, 1.54) is 36.4 Å². The highest BCUT2D eigenvalue weighted by atomic mass is 19.1. The van der Waals surface area contributed by atoms with Gasteiger partial charge in [0, 0.05) is 22.3 Å². The normalized spacial score (nSPS) is 9.56. The van der Waals surface area contributed by atoms with Crippen LogP contribution in [0.3, 0.4) is 0 Å². The molecule has 86 valence electrons. The summed E-state index contributed by atoms with van der Waals surface area (Å²) in [6.07, 6.45) is 10.7. The number of hydrogen-bond donors (Lipinski definition) is 0. The average Bonchev–Trinajstić information content (AvgIpc) is 2.38. The average molecular weight is 238 g/mol. The van der Waals surface area contributed by atoms with E-state index in [1.54, 1.807) is 0 Å². The van der Waals surface area contributed by atoms with Crippen molar-refractivity contribution in [3.05, 3.63) is 59.2 Å². The van der Waals surface area contributed by atoms with Gasteiger partial charge in [0.1, 0.15) is 11.6 Å². The van der Waals surface area contributed by atoms with Crippen molar-refractivity contribution in [1.29, 1.82) is 0 Å². The van der Waals surface area contributed by atoms with E-state index in [0.29, 0.717) is 22.3 Å². The molecule has 0 unspecified atom stereocenters.